The van der Waals surface area contributed by atoms with E-state index in [0.29, 0.717) is 6.54 Å². The minimum atomic E-state index is -0.729. The largest absolute Gasteiger partial charge is 0.368 e. The molecule has 6 nitrogen and oxygen atoms in total. The first-order chi connectivity index (χ1) is 6.97. The van der Waals surface area contributed by atoms with Gasteiger partial charge in [0.05, 0.1) is 0 Å². The van der Waals surface area contributed by atoms with E-state index in [-0.39, 0.29) is 5.75 Å². The van der Waals surface area contributed by atoms with Gasteiger partial charge < -0.3 is 21.3 Å². The van der Waals surface area contributed by atoms with E-state index in [2.05, 4.69) is 23.3 Å². The number of nitrogens with zero attached hydrogens (tertiary/aromatic N) is 1. The van der Waals surface area contributed by atoms with Crippen LogP contribution in [0.25, 0.3) is 0 Å². The van der Waals surface area contributed by atoms with Crippen molar-refractivity contribution >= 4 is 24.6 Å². The zero-order valence-corrected chi connectivity index (χ0v) is 9.88. The smallest absolute Gasteiger partial charge is 0.315 e. The van der Waals surface area contributed by atoms with E-state index in [9.17, 15) is 9.59 Å². The lowest BCUT2D eigenvalue weighted by Gasteiger charge is -2.14. The monoisotopic (exact) mass is 234 g/mol. The molecule has 3 amide bonds. The predicted molar refractivity (Wildman–Crippen MR) is 61.9 cm³/mol. The number of urea groups is 1. The second-order valence-electron chi connectivity index (χ2n) is 3.34. The van der Waals surface area contributed by atoms with Crippen molar-refractivity contribution in [3.63, 3.8) is 0 Å². The van der Waals surface area contributed by atoms with Crippen molar-refractivity contribution in [2.24, 2.45) is 5.73 Å². The Morgan fingerprint density at radius 3 is 2.47 bits per heavy atom. The summed E-state index contributed by atoms with van der Waals surface area (Å²) in [5.41, 5.74) is 5.03. The number of carbonyl (C=O) groups is 2. The van der Waals surface area contributed by atoms with E-state index in [4.69, 9.17) is 5.73 Å². The molecule has 0 unspecified atom stereocenters. The van der Waals surface area contributed by atoms with Crippen molar-refractivity contribution < 1.29 is 9.59 Å². The highest BCUT2D eigenvalue weighted by molar-refractivity contribution is 7.80. The minimum Gasteiger partial charge on any atom is -0.368 e. The van der Waals surface area contributed by atoms with E-state index in [1.165, 1.54) is 0 Å². The topological polar surface area (TPSA) is 87.5 Å². The molecule has 0 fully saturated rings. The van der Waals surface area contributed by atoms with Crippen molar-refractivity contribution in [2.45, 2.75) is 6.04 Å². The molecule has 0 aromatic carbocycles. The third-order valence-electron chi connectivity index (χ3n) is 1.68. The molecule has 0 bridgehead atoms. The summed E-state index contributed by atoms with van der Waals surface area (Å²) in [6, 6.07) is -1.14. The van der Waals surface area contributed by atoms with Crippen LogP contribution in [-0.2, 0) is 4.79 Å². The van der Waals surface area contributed by atoms with Crippen molar-refractivity contribution in [2.75, 3.05) is 32.9 Å². The third kappa shape index (κ3) is 7.03. The van der Waals surface area contributed by atoms with Gasteiger partial charge in [-0.3, -0.25) is 4.79 Å². The van der Waals surface area contributed by atoms with E-state index in [0.717, 1.165) is 6.54 Å². The Morgan fingerprint density at radius 1 is 1.47 bits per heavy atom. The van der Waals surface area contributed by atoms with E-state index >= 15 is 0 Å². The molecule has 0 aliphatic heterocycles. The van der Waals surface area contributed by atoms with Gasteiger partial charge in [-0.15, -0.1) is 0 Å². The molecule has 0 radical (unpaired) electrons. The summed E-state index contributed by atoms with van der Waals surface area (Å²) >= 11 is 3.90. The predicted octanol–water partition coefficient (Wildman–Crippen LogP) is -1.37. The number of thiol groups is 1. The fraction of sp³-hybridized carbons (Fsp3) is 0.750. The summed E-state index contributed by atoms with van der Waals surface area (Å²) in [6.07, 6.45) is 0. The maximum absolute atomic E-state index is 11.2. The number of nitrogens with two attached hydrogens (primary N) is 1. The van der Waals surface area contributed by atoms with Crippen molar-refractivity contribution in [1.29, 1.82) is 0 Å². The average Bonchev–Trinajstić information content (AvgIpc) is 2.13. The second-order valence-corrected chi connectivity index (χ2v) is 3.71. The molecular formula is C8H18N4O2S. The van der Waals surface area contributed by atoms with Gasteiger partial charge in [0.15, 0.2) is 0 Å². The maximum atomic E-state index is 11.2. The van der Waals surface area contributed by atoms with Crippen LogP contribution < -0.4 is 16.4 Å². The van der Waals surface area contributed by atoms with Gasteiger partial charge in [0.25, 0.3) is 0 Å². The molecule has 0 heterocycles. The molecule has 0 aliphatic rings. The van der Waals surface area contributed by atoms with Gasteiger partial charge >= 0.3 is 6.03 Å². The van der Waals surface area contributed by atoms with Crippen LogP contribution in [0.1, 0.15) is 0 Å². The minimum absolute atomic E-state index is 0.191. The lowest BCUT2D eigenvalue weighted by atomic mass is 10.3. The van der Waals surface area contributed by atoms with Crippen LogP contribution in [0.15, 0.2) is 0 Å². The lowest BCUT2D eigenvalue weighted by molar-refractivity contribution is -0.119. The van der Waals surface area contributed by atoms with Gasteiger partial charge in [-0.25, -0.2) is 4.79 Å². The molecule has 0 saturated carbocycles. The van der Waals surface area contributed by atoms with E-state index < -0.39 is 18.0 Å². The average molecular weight is 234 g/mol. The molecule has 4 N–H and O–H groups in total. The first-order valence-electron chi connectivity index (χ1n) is 4.56. The molecule has 1 atom stereocenters. The van der Waals surface area contributed by atoms with Crippen molar-refractivity contribution in [1.82, 2.24) is 15.5 Å². The van der Waals surface area contributed by atoms with Gasteiger partial charge in [-0.2, -0.15) is 12.6 Å². The van der Waals surface area contributed by atoms with Crippen LogP contribution in [0.3, 0.4) is 0 Å². The maximum Gasteiger partial charge on any atom is 0.315 e. The van der Waals surface area contributed by atoms with Crippen LogP contribution >= 0.6 is 12.6 Å². The summed E-state index contributed by atoms with van der Waals surface area (Å²) in [5, 5.41) is 5.02. The SMILES string of the molecule is CN(C)CCNC(=O)N[C@@H](CS)C(N)=O. The highest BCUT2D eigenvalue weighted by Crippen LogP contribution is 1.86. The Kier molecular flexibility index (Phi) is 6.89. The Bertz CT molecular complexity index is 223. The number of nitrogens with one attached hydrogen (secondary N) is 2. The Balaban J connectivity index is 3.77. The third-order valence-corrected chi connectivity index (χ3v) is 2.04. The molecule has 0 spiro atoms. The van der Waals surface area contributed by atoms with Crippen LogP contribution in [-0.4, -0.2) is 55.8 Å². The number of carbonyl (C=O) groups excluding carboxylic acids is 2. The molecular weight excluding hydrogens is 216 g/mol. The summed E-state index contributed by atoms with van der Waals surface area (Å²) in [6.45, 7) is 1.24. The number of amides is 3. The van der Waals surface area contributed by atoms with Crippen molar-refractivity contribution in [3.8, 4) is 0 Å². The molecule has 0 rings (SSSR count). The molecule has 7 heteroatoms. The van der Waals surface area contributed by atoms with Crippen LogP contribution in [0.5, 0.6) is 0 Å². The number of likely N-dealkylation sites (N-methyl/N-ethyl adjacent to an activating group) is 1. The molecule has 0 aromatic heterocycles. The first kappa shape index (κ1) is 14.1. The van der Waals surface area contributed by atoms with Crippen LogP contribution in [0.2, 0.25) is 0 Å². The Hall–Kier alpha value is -0.950. The quantitative estimate of drug-likeness (QED) is 0.428. The van der Waals surface area contributed by atoms with E-state index in [1.807, 2.05) is 19.0 Å². The number of hydrogen-bond donors (Lipinski definition) is 4. The number of rotatable bonds is 6. The molecule has 0 aliphatic carbocycles. The lowest BCUT2D eigenvalue weighted by Crippen LogP contribution is -2.50. The fourth-order valence-electron chi connectivity index (χ4n) is 0.809. The Labute approximate surface area is 95.0 Å². The highest BCUT2D eigenvalue weighted by Gasteiger charge is 2.15. The normalized spacial score (nSPS) is 12.3. The fourth-order valence-corrected chi connectivity index (χ4v) is 1.08. The molecule has 0 aromatic rings. The Morgan fingerprint density at radius 2 is 2.07 bits per heavy atom. The molecule has 88 valence electrons. The van der Waals surface area contributed by atoms with Gasteiger partial charge in [0, 0.05) is 18.8 Å². The van der Waals surface area contributed by atoms with Crippen LogP contribution in [0.4, 0.5) is 4.79 Å². The highest BCUT2D eigenvalue weighted by atomic mass is 32.1. The van der Waals surface area contributed by atoms with Gasteiger partial charge in [-0.05, 0) is 14.1 Å². The summed E-state index contributed by atoms with van der Waals surface area (Å²) in [5.74, 6) is -0.399. The van der Waals surface area contributed by atoms with Gasteiger partial charge in [0.2, 0.25) is 5.91 Å². The van der Waals surface area contributed by atoms with Crippen molar-refractivity contribution in [3.05, 3.63) is 0 Å². The first-order valence-corrected chi connectivity index (χ1v) is 5.20. The summed E-state index contributed by atoms with van der Waals surface area (Å²) < 4.78 is 0. The number of hydrogen-bond acceptors (Lipinski definition) is 4. The molecule has 15 heavy (non-hydrogen) atoms. The second kappa shape index (κ2) is 7.36. The van der Waals surface area contributed by atoms with Gasteiger partial charge in [0.1, 0.15) is 6.04 Å². The number of primary amides is 1. The van der Waals surface area contributed by atoms with Gasteiger partial charge in [-0.1, -0.05) is 0 Å². The van der Waals surface area contributed by atoms with Crippen LogP contribution in [0, 0.1) is 0 Å². The van der Waals surface area contributed by atoms with E-state index in [1.54, 1.807) is 0 Å². The summed E-state index contributed by atoms with van der Waals surface area (Å²) in [7, 11) is 3.80. The summed E-state index contributed by atoms with van der Waals surface area (Å²) in [4.78, 5) is 23.9. The zero-order valence-electron chi connectivity index (χ0n) is 8.99. The zero-order chi connectivity index (χ0) is 11.8. The molecule has 0 saturated heterocycles. The standard InChI is InChI=1S/C8H18N4O2S/c1-12(2)4-3-10-8(14)11-6(5-15)7(9)13/h6,15H,3-5H2,1-2H3,(H2,9,13)(H2,10,11,14)/t6-/m0/s1.